The summed E-state index contributed by atoms with van der Waals surface area (Å²) in [5, 5.41) is 2.70. The summed E-state index contributed by atoms with van der Waals surface area (Å²) >= 11 is 0. The molecule has 0 spiro atoms. The lowest BCUT2D eigenvalue weighted by Gasteiger charge is -2.22. The largest absolute Gasteiger partial charge is 0.316 e. The lowest BCUT2D eigenvalue weighted by molar-refractivity contribution is 0.357. The zero-order valence-electron chi connectivity index (χ0n) is 11.4. The summed E-state index contributed by atoms with van der Waals surface area (Å²) in [6, 6.07) is 0. The quantitative estimate of drug-likeness (QED) is 0.694. The molecule has 0 amide bonds. The minimum Gasteiger partial charge on any atom is -0.316 e. The first-order chi connectivity index (χ1) is 7.84. The summed E-state index contributed by atoms with van der Waals surface area (Å²) in [6.45, 7) is 9.98. The minimum absolute atomic E-state index is 0.227. The Morgan fingerprint density at radius 1 is 1.24 bits per heavy atom. The minimum atomic E-state index is -3.17. The van der Waals surface area contributed by atoms with E-state index in [9.17, 15) is 8.42 Å². The number of hydrogen-bond acceptors (Lipinski definition) is 3. The van der Waals surface area contributed by atoms with Gasteiger partial charge in [-0.2, -0.15) is 0 Å². The van der Waals surface area contributed by atoms with Crippen molar-refractivity contribution in [3.63, 3.8) is 0 Å². The van der Waals surface area contributed by atoms with Crippen molar-refractivity contribution >= 4 is 10.0 Å². The van der Waals surface area contributed by atoms with Gasteiger partial charge in [0.1, 0.15) is 0 Å². The van der Waals surface area contributed by atoms with Crippen molar-refractivity contribution < 1.29 is 8.42 Å². The highest BCUT2D eigenvalue weighted by Crippen LogP contribution is 2.51. The van der Waals surface area contributed by atoms with Gasteiger partial charge in [-0.3, -0.25) is 0 Å². The average Bonchev–Trinajstić information content (AvgIpc) is 3.04. The number of nitrogens with one attached hydrogen (secondary N) is 2. The molecule has 1 rings (SSSR count). The molecule has 0 saturated heterocycles. The Kier molecular flexibility index (Phi) is 4.98. The predicted molar refractivity (Wildman–Crippen MR) is 71.4 cm³/mol. The van der Waals surface area contributed by atoms with Crippen LogP contribution in [0.25, 0.3) is 0 Å². The highest BCUT2D eigenvalue weighted by atomic mass is 32.2. The molecule has 0 aliphatic heterocycles. The van der Waals surface area contributed by atoms with E-state index in [1.165, 1.54) is 0 Å². The van der Waals surface area contributed by atoms with Crippen LogP contribution in [-0.4, -0.2) is 33.3 Å². The average molecular weight is 262 g/mol. The van der Waals surface area contributed by atoms with Gasteiger partial charge in [0.2, 0.25) is 10.0 Å². The van der Waals surface area contributed by atoms with Crippen LogP contribution in [0.1, 0.15) is 40.5 Å². The number of rotatable bonds is 8. The molecule has 1 aliphatic carbocycles. The van der Waals surface area contributed by atoms with Crippen molar-refractivity contribution in [2.24, 2.45) is 11.3 Å². The molecule has 17 heavy (non-hydrogen) atoms. The molecular formula is C12H26N2O2S. The Bertz CT molecular complexity index is 334. The van der Waals surface area contributed by atoms with Gasteiger partial charge in [0.05, 0.1) is 5.25 Å². The maximum absolute atomic E-state index is 12.0. The summed E-state index contributed by atoms with van der Waals surface area (Å²) in [7, 11) is -3.17. The van der Waals surface area contributed by atoms with Crippen molar-refractivity contribution in [3.05, 3.63) is 0 Å². The predicted octanol–water partition coefficient (Wildman–Crippen LogP) is 1.34. The van der Waals surface area contributed by atoms with Crippen molar-refractivity contribution in [1.82, 2.24) is 10.0 Å². The van der Waals surface area contributed by atoms with E-state index in [2.05, 4.69) is 23.9 Å². The van der Waals surface area contributed by atoms with Gasteiger partial charge >= 0.3 is 0 Å². The Hall–Kier alpha value is -0.130. The SMILES string of the molecule is CCNCC(C)S(=O)(=O)NCC1(C(C)C)CC1. The fourth-order valence-electron chi connectivity index (χ4n) is 1.96. The molecule has 5 heteroatoms. The Morgan fingerprint density at radius 2 is 1.82 bits per heavy atom. The molecule has 1 atom stereocenters. The molecule has 0 radical (unpaired) electrons. The summed E-state index contributed by atoms with van der Waals surface area (Å²) in [5.74, 6) is 0.550. The highest BCUT2D eigenvalue weighted by molar-refractivity contribution is 7.90. The van der Waals surface area contributed by atoms with Gasteiger partial charge < -0.3 is 5.32 Å². The second kappa shape index (κ2) is 5.67. The van der Waals surface area contributed by atoms with Crippen molar-refractivity contribution in [3.8, 4) is 0 Å². The van der Waals surface area contributed by atoms with Gasteiger partial charge in [0.25, 0.3) is 0 Å². The lowest BCUT2D eigenvalue weighted by atomic mass is 9.93. The molecule has 102 valence electrons. The fraction of sp³-hybridized carbons (Fsp3) is 1.00. The van der Waals surface area contributed by atoms with E-state index in [0.717, 1.165) is 19.4 Å². The van der Waals surface area contributed by atoms with E-state index >= 15 is 0 Å². The maximum atomic E-state index is 12.0. The first-order valence-electron chi connectivity index (χ1n) is 6.53. The van der Waals surface area contributed by atoms with E-state index < -0.39 is 10.0 Å². The second-order valence-corrected chi connectivity index (χ2v) is 7.68. The Balaban J connectivity index is 2.44. The van der Waals surface area contributed by atoms with Crippen LogP contribution in [0.4, 0.5) is 0 Å². The number of hydrogen-bond donors (Lipinski definition) is 2. The van der Waals surface area contributed by atoms with Crippen LogP contribution in [0.5, 0.6) is 0 Å². The molecule has 0 aromatic carbocycles. The maximum Gasteiger partial charge on any atom is 0.215 e. The Labute approximate surface area is 106 Å². The van der Waals surface area contributed by atoms with Crippen LogP contribution >= 0.6 is 0 Å². The van der Waals surface area contributed by atoms with E-state index in [1.807, 2.05) is 6.92 Å². The van der Waals surface area contributed by atoms with Crippen LogP contribution in [-0.2, 0) is 10.0 Å². The van der Waals surface area contributed by atoms with Crippen molar-refractivity contribution in [2.45, 2.75) is 45.8 Å². The van der Waals surface area contributed by atoms with Crippen molar-refractivity contribution in [1.29, 1.82) is 0 Å². The van der Waals surface area contributed by atoms with E-state index in [1.54, 1.807) is 6.92 Å². The van der Waals surface area contributed by atoms with Crippen molar-refractivity contribution in [2.75, 3.05) is 19.6 Å². The third-order valence-corrected chi connectivity index (χ3v) is 5.73. The molecule has 1 fully saturated rings. The molecule has 1 aliphatic rings. The first kappa shape index (κ1) is 14.9. The van der Waals surface area contributed by atoms with E-state index in [0.29, 0.717) is 19.0 Å². The molecule has 0 aromatic heterocycles. The molecule has 2 N–H and O–H groups in total. The van der Waals surface area contributed by atoms with E-state index in [-0.39, 0.29) is 10.7 Å². The molecule has 0 bridgehead atoms. The smallest absolute Gasteiger partial charge is 0.215 e. The third-order valence-electron chi connectivity index (χ3n) is 3.95. The van der Waals surface area contributed by atoms with Crippen LogP contribution < -0.4 is 10.0 Å². The van der Waals surface area contributed by atoms with E-state index in [4.69, 9.17) is 0 Å². The van der Waals surface area contributed by atoms with Gasteiger partial charge in [-0.1, -0.05) is 20.8 Å². The van der Waals surface area contributed by atoms with Gasteiger partial charge in [0, 0.05) is 13.1 Å². The summed E-state index contributed by atoms with van der Waals surface area (Å²) < 4.78 is 26.7. The van der Waals surface area contributed by atoms with Gasteiger partial charge in [-0.05, 0) is 37.6 Å². The van der Waals surface area contributed by atoms with Gasteiger partial charge in [-0.15, -0.1) is 0 Å². The molecule has 0 heterocycles. The summed E-state index contributed by atoms with van der Waals surface area (Å²) in [4.78, 5) is 0. The van der Waals surface area contributed by atoms with Crippen LogP contribution in [0.2, 0.25) is 0 Å². The molecule has 0 aromatic rings. The standard InChI is InChI=1S/C12H26N2O2S/c1-5-13-8-11(4)17(15,16)14-9-12(6-7-12)10(2)3/h10-11,13-14H,5-9H2,1-4H3. The molecule has 1 saturated carbocycles. The zero-order chi connectivity index (χ0) is 13.1. The topological polar surface area (TPSA) is 58.2 Å². The second-order valence-electron chi connectivity index (χ2n) is 5.50. The number of sulfonamides is 1. The summed E-state index contributed by atoms with van der Waals surface area (Å²) in [6.07, 6.45) is 2.30. The monoisotopic (exact) mass is 262 g/mol. The van der Waals surface area contributed by atoms with Gasteiger partial charge in [-0.25, -0.2) is 13.1 Å². The lowest BCUT2D eigenvalue weighted by Crippen LogP contribution is -2.41. The summed E-state index contributed by atoms with van der Waals surface area (Å²) in [5.41, 5.74) is 0.227. The molecule has 4 nitrogen and oxygen atoms in total. The van der Waals surface area contributed by atoms with Crippen LogP contribution in [0, 0.1) is 11.3 Å². The van der Waals surface area contributed by atoms with Gasteiger partial charge in [0.15, 0.2) is 0 Å². The highest BCUT2D eigenvalue weighted by Gasteiger charge is 2.45. The molecule has 1 unspecified atom stereocenters. The van der Waals surface area contributed by atoms with Crippen LogP contribution in [0.15, 0.2) is 0 Å². The third kappa shape index (κ3) is 3.93. The molecular weight excluding hydrogens is 236 g/mol. The fourth-order valence-corrected chi connectivity index (χ4v) is 3.07. The zero-order valence-corrected chi connectivity index (χ0v) is 12.2. The van der Waals surface area contributed by atoms with Crippen LogP contribution in [0.3, 0.4) is 0 Å². The Morgan fingerprint density at radius 3 is 2.24 bits per heavy atom. The normalized spacial score (nSPS) is 20.5. The first-order valence-corrected chi connectivity index (χ1v) is 8.08.